The maximum Gasteiger partial charge on any atom is 0.311 e. The molecule has 2 aromatic carbocycles. The highest BCUT2D eigenvalue weighted by atomic mass is 79.9. The van der Waals surface area contributed by atoms with Crippen molar-refractivity contribution in [3.8, 4) is 11.5 Å². The first-order chi connectivity index (χ1) is 14.1. The van der Waals surface area contributed by atoms with E-state index in [9.17, 15) is 9.18 Å². The summed E-state index contributed by atoms with van der Waals surface area (Å²) in [7, 11) is 0. The smallest absolute Gasteiger partial charge is 0.311 e. The minimum absolute atomic E-state index is 0.00782. The molecule has 1 saturated carbocycles. The number of hydrogen-bond donors (Lipinski definition) is 0. The highest BCUT2D eigenvalue weighted by Gasteiger charge is 2.61. The molecule has 0 heterocycles. The van der Waals surface area contributed by atoms with Crippen molar-refractivity contribution in [1.29, 1.82) is 0 Å². The molecule has 1 aliphatic rings. The predicted octanol–water partition coefficient (Wildman–Crippen LogP) is 7.86. The third-order valence-electron chi connectivity index (χ3n) is 5.22. The Morgan fingerprint density at radius 2 is 1.90 bits per heavy atom. The van der Waals surface area contributed by atoms with E-state index in [0.29, 0.717) is 11.3 Å². The molecule has 30 heavy (non-hydrogen) atoms. The summed E-state index contributed by atoms with van der Waals surface area (Å²) in [5.41, 5.74) is 0.231. The Morgan fingerprint density at radius 3 is 2.50 bits per heavy atom. The van der Waals surface area contributed by atoms with Crippen LogP contribution in [0.2, 0.25) is 0 Å². The normalized spacial score (nSPS) is 20.1. The molecule has 3 nitrogen and oxygen atoms in total. The Hall–Kier alpha value is -1.63. The van der Waals surface area contributed by atoms with Gasteiger partial charge in [-0.2, -0.15) is 0 Å². The van der Waals surface area contributed by atoms with Gasteiger partial charge in [0.05, 0.1) is 14.3 Å². The van der Waals surface area contributed by atoms with Gasteiger partial charge < -0.3 is 9.47 Å². The molecular weight excluding hydrogens is 539 g/mol. The number of ether oxygens (including phenoxy) is 2. The van der Waals surface area contributed by atoms with E-state index in [2.05, 4.69) is 38.4 Å². The second kappa shape index (κ2) is 9.25. The van der Waals surface area contributed by atoms with Crippen LogP contribution in [0.25, 0.3) is 0 Å². The maximum atomic E-state index is 14.3. The average molecular weight is 559 g/mol. The van der Waals surface area contributed by atoms with Gasteiger partial charge in [-0.3, -0.25) is 4.79 Å². The molecule has 158 valence electrons. The number of para-hydroxylation sites is 1. The third kappa shape index (κ3) is 5.16. The Labute approximate surface area is 197 Å². The predicted molar refractivity (Wildman–Crippen MR) is 123 cm³/mol. The van der Waals surface area contributed by atoms with Crippen LogP contribution in [-0.2, 0) is 9.53 Å². The lowest BCUT2D eigenvalue weighted by atomic mass is 10.1. The van der Waals surface area contributed by atoms with E-state index >= 15 is 0 Å². The van der Waals surface area contributed by atoms with Crippen LogP contribution in [0.15, 0.2) is 69.6 Å². The van der Waals surface area contributed by atoms with Crippen molar-refractivity contribution >= 4 is 49.4 Å². The van der Waals surface area contributed by atoms with E-state index < -0.39 is 11.9 Å². The quantitative estimate of drug-likeness (QED) is 0.325. The summed E-state index contributed by atoms with van der Waals surface area (Å²) in [4.78, 5) is 12.9. The van der Waals surface area contributed by atoms with Gasteiger partial charge in [-0.15, -0.1) is 0 Å². The number of carbonyl (C=O) groups excluding carboxylic acids is 1. The lowest BCUT2D eigenvalue weighted by Gasteiger charge is -2.19. The fourth-order valence-electron chi connectivity index (χ4n) is 3.45. The van der Waals surface area contributed by atoms with Gasteiger partial charge in [0, 0.05) is 5.56 Å². The summed E-state index contributed by atoms with van der Waals surface area (Å²) in [5.74, 6) is -0.725. The van der Waals surface area contributed by atoms with E-state index in [4.69, 9.17) is 21.1 Å². The lowest BCUT2D eigenvalue weighted by molar-refractivity contribution is -0.150. The lowest BCUT2D eigenvalue weighted by Crippen LogP contribution is -2.16. The zero-order chi connectivity index (χ0) is 22.1. The zero-order valence-electron chi connectivity index (χ0n) is 16.4. The van der Waals surface area contributed by atoms with Crippen molar-refractivity contribution in [2.75, 3.05) is 0 Å². The largest absolute Gasteiger partial charge is 0.454 e. The molecule has 3 unspecified atom stereocenters. The third-order valence-corrected chi connectivity index (χ3v) is 5.94. The topological polar surface area (TPSA) is 35.5 Å². The van der Waals surface area contributed by atoms with Crippen LogP contribution < -0.4 is 4.74 Å². The standard InChI is InChI=1S/C23H20Br2ClFO3/c1-13(26)21(30-22(28)20-16(12-19(24)25)23(20,2)3)14-9-10-17(27)18(11-14)29-15-7-5-4-6-8-15/h4-12,16,20-21H,1H2,2-3H3. The zero-order valence-corrected chi connectivity index (χ0v) is 20.3. The Kier molecular flexibility index (Phi) is 7.10. The van der Waals surface area contributed by atoms with Crippen molar-refractivity contribution in [1.82, 2.24) is 0 Å². The molecule has 0 bridgehead atoms. The summed E-state index contributed by atoms with van der Waals surface area (Å²) >= 11 is 12.8. The van der Waals surface area contributed by atoms with Crippen molar-refractivity contribution in [3.05, 3.63) is 81.0 Å². The van der Waals surface area contributed by atoms with Crippen molar-refractivity contribution in [2.24, 2.45) is 17.3 Å². The SMILES string of the molecule is C=C(Cl)C(OC(=O)C1C(C=C(Br)Br)C1(C)C)c1ccc(F)c(Oc2ccccc2)c1. The van der Waals surface area contributed by atoms with Crippen LogP contribution in [0.3, 0.4) is 0 Å². The molecule has 3 atom stereocenters. The molecule has 3 rings (SSSR count). The number of esters is 1. The average Bonchev–Trinajstić information content (AvgIpc) is 3.21. The van der Waals surface area contributed by atoms with Gasteiger partial charge in [0.15, 0.2) is 17.7 Å². The van der Waals surface area contributed by atoms with Crippen molar-refractivity contribution in [3.63, 3.8) is 0 Å². The number of rotatable bonds is 7. The second-order valence-electron chi connectivity index (χ2n) is 7.65. The minimum atomic E-state index is -0.925. The molecule has 0 radical (unpaired) electrons. The number of allylic oxidation sites excluding steroid dienone is 1. The van der Waals surface area contributed by atoms with E-state index in [1.54, 1.807) is 24.3 Å². The second-order valence-corrected chi connectivity index (χ2v) is 10.9. The molecule has 2 aromatic rings. The monoisotopic (exact) mass is 556 g/mol. The summed E-state index contributed by atoms with van der Waals surface area (Å²) in [6, 6.07) is 13.1. The van der Waals surface area contributed by atoms with E-state index in [0.717, 1.165) is 3.39 Å². The first-order valence-corrected chi connectivity index (χ1v) is 11.2. The number of hydrogen-bond acceptors (Lipinski definition) is 3. The van der Waals surface area contributed by atoms with Crippen LogP contribution in [0.1, 0.15) is 25.5 Å². The van der Waals surface area contributed by atoms with E-state index in [-0.39, 0.29) is 34.0 Å². The molecule has 0 spiro atoms. The van der Waals surface area contributed by atoms with Crippen LogP contribution in [-0.4, -0.2) is 5.97 Å². The van der Waals surface area contributed by atoms with Crippen LogP contribution in [0.5, 0.6) is 11.5 Å². The first kappa shape index (κ1) is 23.0. The fourth-order valence-corrected chi connectivity index (χ4v) is 4.19. The number of carbonyl (C=O) groups is 1. The fraction of sp³-hybridized carbons (Fsp3) is 0.261. The Bertz CT molecular complexity index is 987. The van der Waals surface area contributed by atoms with Gasteiger partial charge in [0.2, 0.25) is 0 Å². The molecule has 1 aliphatic carbocycles. The van der Waals surface area contributed by atoms with E-state index in [1.807, 2.05) is 26.0 Å². The molecule has 1 fully saturated rings. The molecule has 0 saturated heterocycles. The minimum Gasteiger partial charge on any atom is -0.454 e. The van der Waals surface area contributed by atoms with Crippen molar-refractivity contribution in [2.45, 2.75) is 20.0 Å². The maximum absolute atomic E-state index is 14.3. The Morgan fingerprint density at radius 1 is 1.23 bits per heavy atom. The summed E-state index contributed by atoms with van der Waals surface area (Å²) in [5, 5.41) is 0.118. The van der Waals surface area contributed by atoms with Crippen LogP contribution in [0, 0.1) is 23.1 Å². The van der Waals surface area contributed by atoms with E-state index in [1.165, 1.54) is 18.2 Å². The Balaban J connectivity index is 1.82. The van der Waals surface area contributed by atoms with Gasteiger partial charge in [-0.25, -0.2) is 4.39 Å². The van der Waals surface area contributed by atoms with Gasteiger partial charge >= 0.3 is 5.97 Å². The molecule has 0 aliphatic heterocycles. The van der Waals surface area contributed by atoms with Gasteiger partial charge in [-0.1, -0.05) is 62.4 Å². The summed E-state index contributed by atoms with van der Waals surface area (Å²) in [6.07, 6.45) is 1.01. The summed E-state index contributed by atoms with van der Waals surface area (Å²) < 4.78 is 26.4. The highest BCUT2D eigenvalue weighted by Crippen LogP contribution is 2.60. The van der Waals surface area contributed by atoms with Crippen LogP contribution >= 0.6 is 43.5 Å². The van der Waals surface area contributed by atoms with Gasteiger partial charge in [-0.05, 0) is 67.5 Å². The highest BCUT2D eigenvalue weighted by molar-refractivity contribution is 9.28. The van der Waals surface area contributed by atoms with Gasteiger partial charge in [0.25, 0.3) is 0 Å². The van der Waals surface area contributed by atoms with Crippen molar-refractivity contribution < 1.29 is 18.7 Å². The molecule has 7 heteroatoms. The number of halogens is 4. The molecular formula is C23H20Br2ClFO3. The number of benzene rings is 2. The van der Waals surface area contributed by atoms with Crippen LogP contribution in [0.4, 0.5) is 4.39 Å². The van der Waals surface area contributed by atoms with Gasteiger partial charge in [0.1, 0.15) is 5.75 Å². The molecule has 0 aromatic heterocycles. The molecule has 0 amide bonds. The molecule has 0 N–H and O–H groups in total. The summed E-state index contributed by atoms with van der Waals surface area (Å²) in [6.45, 7) is 7.73. The first-order valence-electron chi connectivity index (χ1n) is 9.21.